The summed E-state index contributed by atoms with van der Waals surface area (Å²) in [7, 11) is 1.76. The summed E-state index contributed by atoms with van der Waals surface area (Å²) in [6, 6.07) is 12.2. The Labute approximate surface area is 155 Å². The van der Waals surface area contributed by atoms with Gasteiger partial charge in [0, 0.05) is 32.2 Å². The number of benzene rings is 1. The molecule has 3 N–H and O–H groups in total. The second-order valence-electron chi connectivity index (χ2n) is 6.06. The predicted octanol–water partition coefficient (Wildman–Crippen LogP) is 2.51. The molecule has 1 amide bonds. The molecule has 0 aliphatic heterocycles. The van der Waals surface area contributed by atoms with Crippen LogP contribution < -0.4 is 16.0 Å². The van der Waals surface area contributed by atoms with Crippen LogP contribution in [-0.2, 0) is 6.42 Å². The van der Waals surface area contributed by atoms with Crippen molar-refractivity contribution >= 4 is 11.9 Å². The van der Waals surface area contributed by atoms with Crippen LogP contribution in [0.1, 0.15) is 34.5 Å². The van der Waals surface area contributed by atoms with Crippen LogP contribution in [0.5, 0.6) is 0 Å². The number of amides is 1. The summed E-state index contributed by atoms with van der Waals surface area (Å²) in [5.41, 5.74) is 2.19. The summed E-state index contributed by atoms with van der Waals surface area (Å²) in [6.07, 6.45) is 4.42. The van der Waals surface area contributed by atoms with E-state index in [9.17, 15) is 4.79 Å². The summed E-state index contributed by atoms with van der Waals surface area (Å²) in [6.45, 7) is 4.03. The van der Waals surface area contributed by atoms with Gasteiger partial charge >= 0.3 is 0 Å². The number of guanidine groups is 1. The van der Waals surface area contributed by atoms with Gasteiger partial charge in [-0.25, -0.2) is 0 Å². The van der Waals surface area contributed by atoms with E-state index in [4.69, 9.17) is 4.42 Å². The van der Waals surface area contributed by atoms with Crippen LogP contribution in [0.3, 0.4) is 0 Å². The van der Waals surface area contributed by atoms with Gasteiger partial charge in [-0.05, 0) is 37.8 Å². The molecule has 0 fully saturated rings. The van der Waals surface area contributed by atoms with Crippen molar-refractivity contribution < 1.29 is 9.21 Å². The second kappa shape index (κ2) is 11.0. The Balaban J connectivity index is 1.54. The molecular weight excluding hydrogens is 328 g/mol. The van der Waals surface area contributed by atoms with Gasteiger partial charge in [-0.3, -0.25) is 9.79 Å². The van der Waals surface area contributed by atoms with Crippen LogP contribution in [0, 0.1) is 6.92 Å². The van der Waals surface area contributed by atoms with E-state index in [1.54, 1.807) is 13.1 Å². The lowest BCUT2D eigenvalue weighted by Crippen LogP contribution is -2.39. The van der Waals surface area contributed by atoms with Crippen molar-refractivity contribution in [2.24, 2.45) is 4.99 Å². The fourth-order valence-electron chi connectivity index (χ4n) is 2.55. The molecule has 0 saturated carbocycles. The van der Waals surface area contributed by atoms with Gasteiger partial charge < -0.3 is 20.4 Å². The van der Waals surface area contributed by atoms with Crippen molar-refractivity contribution in [1.29, 1.82) is 0 Å². The zero-order valence-electron chi connectivity index (χ0n) is 15.5. The monoisotopic (exact) mass is 356 g/mol. The van der Waals surface area contributed by atoms with Crippen molar-refractivity contribution in [3.8, 4) is 0 Å². The SMILES string of the molecule is CN=C(NCCCNC(=O)c1occc1C)NCCCc1ccccc1. The fourth-order valence-corrected chi connectivity index (χ4v) is 2.55. The van der Waals surface area contributed by atoms with Crippen LogP contribution in [0.2, 0.25) is 0 Å². The lowest BCUT2D eigenvalue weighted by Gasteiger charge is -2.12. The van der Waals surface area contributed by atoms with Crippen molar-refractivity contribution in [3.05, 3.63) is 59.5 Å². The van der Waals surface area contributed by atoms with Crippen molar-refractivity contribution in [2.75, 3.05) is 26.7 Å². The number of hydrogen-bond acceptors (Lipinski definition) is 3. The van der Waals surface area contributed by atoms with E-state index in [0.717, 1.165) is 43.9 Å². The highest BCUT2D eigenvalue weighted by molar-refractivity contribution is 5.92. The molecule has 26 heavy (non-hydrogen) atoms. The first-order chi connectivity index (χ1) is 12.7. The Morgan fingerprint density at radius 2 is 1.69 bits per heavy atom. The van der Waals surface area contributed by atoms with Crippen LogP contribution >= 0.6 is 0 Å². The van der Waals surface area contributed by atoms with Gasteiger partial charge in [-0.2, -0.15) is 0 Å². The highest BCUT2D eigenvalue weighted by Crippen LogP contribution is 2.07. The lowest BCUT2D eigenvalue weighted by molar-refractivity contribution is 0.0925. The average Bonchev–Trinajstić information content (AvgIpc) is 3.10. The smallest absolute Gasteiger partial charge is 0.287 e. The maximum absolute atomic E-state index is 11.9. The predicted molar refractivity (Wildman–Crippen MR) is 105 cm³/mol. The van der Waals surface area contributed by atoms with E-state index in [1.807, 2.05) is 13.0 Å². The quantitative estimate of drug-likeness (QED) is 0.366. The summed E-state index contributed by atoms with van der Waals surface area (Å²) in [5, 5.41) is 9.41. The van der Waals surface area contributed by atoms with E-state index in [-0.39, 0.29) is 5.91 Å². The number of nitrogens with one attached hydrogen (secondary N) is 3. The minimum absolute atomic E-state index is 0.170. The maximum Gasteiger partial charge on any atom is 0.287 e. The lowest BCUT2D eigenvalue weighted by atomic mass is 10.1. The average molecular weight is 356 g/mol. The Hall–Kier alpha value is -2.76. The first-order valence-corrected chi connectivity index (χ1v) is 9.01. The summed E-state index contributed by atoms with van der Waals surface area (Å²) in [4.78, 5) is 16.1. The zero-order valence-corrected chi connectivity index (χ0v) is 15.5. The molecule has 140 valence electrons. The molecule has 0 aliphatic rings. The maximum atomic E-state index is 11.9. The molecule has 0 aliphatic carbocycles. The van der Waals surface area contributed by atoms with Crippen molar-refractivity contribution in [2.45, 2.75) is 26.2 Å². The summed E-state index contributed by atoms with van der Waals surface area (Å²) >= 11 is 0. The Bertz CT molecular complexity index is 695. The van der Waals surface area contributed by atoms with Gasteiger partial charge in [0.25, 0.3) is 5.91 Å². The molecule has 0 radical (unpaired) electrons. The number of aryl methyl sites for hydroxylation is 2. The summed E-state index contributed by atoms with van der Waals surface area (Å²) in [5.74, 6) is 0.996. The normalized spacial score (nSPS) is 11.2. The third kappa shape index (κ3) is 6.63. The largest absolute Gasteiger partial charge is 0.459 e. The number of furan rings is 1. The number of carbonyl (C=O) groups is 1. The van der Waals surface area contributed by atoms with Crippen LogP contribution in [0.4, 0.5) is 0 Å². The van der Waals surface area contributed by atoms with Crippen LogP contribution in [0.15, 0.2) is 52.1 Å². The van der Waals surface area contributed by atoms with Gasteiger partial charge in [-0.1, -0.05) is 30.3 Å². The Morgan fingerprint density at radius 3 is 2.35 bits per heavy atom. The molecular formula is C20H28N4O2. The first-order valence-electron chi connectivity index (χ1n) is 9.01. The third-order valence-corrected chi connectivity index (χ3v) is 4.00. The van der Waals surface area contributed by atoms with Gasteiger partial charge in [0.15, 0.2) is 11.7 Å². The topological polar surface area (TPSA) is 78.7 Å². The van der Waals surface area contributed by atoms with Crippen molar-refractivity contribution in [1.82, 2.24) is 16.0 Å². The van der Waals surface area contributed by atoms with Gasteiger partial charge in [0.2, 0.25) is 0 Å². The number of aliphatic imine (C=N–C) groups is 1. The molecule has 2 rings (SSSR count). The number of hydrogen-bond donors (Lipinski definition) is 3. The standard InChI is InChI=1S/C20H28N4O2/c1-16-11-15-26-18(16)19(25)22-13-7-14-24-20(21-2)23-12-6-10-17-8-4-3-5-9-17/h3-5,8-9,11,15H,6-7,10,12-14H2,1-2H3,(H,22,25)(H2,21,23,24). The molecule has 6 heteroatoms. The molecule has 1 aromatic heterocycles. The van der Waals surface area contributed by atoms with E-state index >= 15 is 0 Å². The molecule has 6 nitrogen and oxygen atoms in total. The zero-order chi connectivity index (χ0) is 18.6. The van der Waals surface area contributed by atoms with Crippen LogP contribution in [-0.4, -0.2) is 38.5 Å². The van der Waals surface area contributed by atoms with Crippen LogP contribution in [0.25, 0.3) is 0 Å². The number of rotatable bonds is 9. The molecule has 1 aromatic carbocycles. The fraction of sp³-hybridized carbons (Fsp3) is 0.400. The minimum Gasteiger partial charge on any atom is -0.459 e. The van der Waals surface area contributed by atoms with E-state index in [1.165, 1.54) is 11.8 Å². The number of carbonyl (C=O) groups excluding carboxylic acids is 1. The molecule has 2 aromatic rings. The minimum atomic E-state index is -0.170. The Kier molecular flexibility index (Phi) is 8.26. The van der Waals surface area contributed by atoms with E-state index in [2.05, 4.69) is 45.2 Å². The Morgan fingerprint density at radius 1 is 1.00 bits per heavy atom. The number of nitrogens with zero attached hydrogens (tertiary/aromatic N) is 1. The molecule has 0 atom stereocenters. The highest BCUT2D eigenvalue weighted by atomic mass is 16.3. The molecule has 1 heterocycles. The molecule has 0 unspecified atom stereocenters. The second-order valence-corrected chi connectivity index (χ2v) is 6.06. The van der Waals surface area contributed by atoms with Crippen molar-refractivity contribution in [3.63, 3.8) is 0 Å². The van der Waals surface area contributed by atoms with Gasteiger partial charge in [-0.15, -0.1) is 0 Å². The van der Waals surface area contributed by atoms with Gasteiger partial charge in [0.1, 0.15) is 0 Å². The molecule has 0 bridgehead atoms. The summed E-state index contributed by atoms with van der Waals surface area (Å²) < 4.78 is 5.17. The molecule has 0 spiro atoms. The third-order valence-electron chi connectivity index (χ3n) is 4.00. The molecule has 0 saturated heterocycles. The highest BCUT2D eigenvalue weighted by Gasteiger charge is 2.11. The first kappa shape index (κ1) is 19.6. The van der Waals surface area contributed by atoms with Gasteiger partial charge in [0.05, 0.1) is 6.26 Å². The van der Waals surface area contributed by atoms with E-state index < -0.39 is 0 Å². The van der Waals surface area contributed by atoms with E-state index in [0.29, 0.717) is 12.3 Å².